The lowest BCUT2D eigenvalue weighted by atomic mass is 10.1. The van der Waals surface area contributed by atoms with Gasteiger partial charge in [0.05, 0.1) is 23.4 Å². The summed E-state index contributed by atoms with van der Waals surface area (Å²) in [5.74, 6) is -0.342. The number of methoxy groups -OCH3 is 1. The lowest BCUT2D eigenvalue weighted by molar-refractivity contribution is 0.0601. The van der Waals surface area contributed by atoms with Crippen LogP contribution in [0.3, 0.4) is 0 Å². The summed E-state index contributed by atoms with van der Waals surface area (Å²) in [5.41, 5.74) is 1.33. The number of benzene rings is 1. The zero-order chi connectivity index (χ0) is 14.5. The van der Waals surface area contributed by atoms with Gasteiger partial charge in [-0.2, -0.15) is 0 Å². The number of hydrogen-bond donors (Lipinski definition) is 1. The van der Waals surface area contributed by atoms with Gasteiger partial charge in [-0.25, -0.2) is 4.79 Å². The molecule has 0 spiro atoms. The Morgan fingerprint density at radius 2 is 2.20 bits per heavy atom. The molecule has 0 aliphatic carbocycles. The smallest absolute Gasteiger partial charge is 0.337 e. The summed E-state index contributed by atoms with van der Waals surface area (Å²) in [6, 6.07) is 5.58. The molecule has 1 aromatic carbocycles. The summed E-state index contributed by atoms with van der Waals surface area (Å²) in [6.07, 6.45) is 3.36. The molecule has 5 heteroatoms. The predicted molar refractivity (Wildman–Crippen MR) is 81.6 cm³/mol. The number of nitrogens with one attached hydrogen (secondary N) is 1. The van der Waals surface area contributed by atoms with E-state index in [1.807, 2.05) is 0 Å². The van der Waals surface area contributed by atoms with Crippen LogP contribution in [0.2, 0.25) is 5.02 Å². The van der Waals surface area contributed by atoms with Crippen molar-refractivity contribution in [3.63, 3.8) is 0 Å². The van der Waals surface area contributed by atoms with E-state index in [1.165, 1.54) is 13.5 Å². The van der Waals surface area contributed by atoms with E-state index in [0.29, 0.717) is 16.6 Å². The molecule has 1 aliphatic rings. The van der Waals surface area contributed by atoms with Gasteiger partial charge in [-0.15, -0.1) is 0 Å². The highest BCUT2D eigenvalue weighted by molar-refractivity contribution is 6.33. The van der Waals surface area contributed by atoms with Gasteiger partial charge in [0.1, 0.15) is 0 Å². The van der Waals surface area contributed by atoms with E-state index in [2.05, 4.69) is 17.3 Å². The Hall–Kier alpha value is -1.26. The van der Waals surface area contributed by atoms with Crippen molar-refractivity contribution in [1.82, 2.24) is 4.90 Å². The lowest BCUT2D eigenvalue weighted by Crippen LogP contribution is -2.23. The Balaban J connectivity index is 2.09. The van der Waals surface area contributed by atoms with E-state index < -0.39 is 0 Å². The van der Waals surface area contributed by atoms with E-state index in [0.717, 1.165) is 31.6 Å². The van der Waals surface area contributed by atoms with Crippen LogP contribution in [-0.2, 0) is 4.74 Å². The fraction of sp³-hybridized carbons (Fsp3) is 0.533. The van der Waals surface area contributed by atoms with Crippen LogP contribution in [0.4, 0.5) is 5.69 Å². The van der Waals surface area contributed by atoms with Gasteiger partial charge in [-0.1, -0.05) is 11.6 Å². The van der Waals surface area contributed by atoms with Crippen molar-refractivity contribution in [3.8, 4) is 0 Å². The molecule has 0 amide bonds. The molecular weight excluding hydrogens is 276 g/mol. The van der Waals surface area contributed by atoms with Crippen molar-refractivity contribution in [2.24, 2.45) is 0 Å². The molecule has 2 rings (SSSR count). The SMILES string of the molecule is COC(=O)c1ccc(Cl)c(NC2CCCN(C)CC2)c1. The highest BCUT2D eigenvalue weighted by Crippen LogP contribution is 2.26. The molecule has 1 atom stereocenters. The molecule has 110 valence electrons. The topological polar surface area (TPSA) is 41.6 Å². The van der Waals surface area contributed by atoms with Crippen molar-refractivity contribution < 1.29 is 9.53 Å². The Morgan fingerprint density at radius 1 is 1.40 bits per heavy atom. The number of anilines is 1. The molecule has 1 saturated heterocycles. The molecule has 1 unspecified atom stereocenters. The standard InChI is InChI=1S/C15H21ClN2O2/c1-18-8-3-4-12(7-9-18)17-14-10-11(15(19)20-2)5-6-13(14)16/h5-6,10,12,17H,3-4,7-9H2,1-2H3. The summed E-state index contributed by atoms with van der Waals surface area (Å²) in [6.45, 7) is 2.21. The normalized spacial score (nSPS) is 20.2. The van der Waals surface area contributed by atoms with Gasteiger partial charge in [-0.3, -0.25) is 0 Å². The van der Waals surface area contributed by atoms with Crippen molar-refractivity contribution in [3.05, 3.63) is 28.8 Å². The molecule has 4 nitrogen and oxygen atoms in total. The Kier molecular flexibility index (Phi) is 5.26. The molecule has 1 N–H and O–H groups in total. The zero-order valence-corrected chi connectivity index (χ0v) is 12.7. The van der Waals surface area contributed by atoms with E-state index in [9.17, 15) is 4.79 Å². The highest BCUT2D eigenvalue weighted by atomic mass is 35.5. The molecule has 0 saturated carbocycles. The molecule has 1 heterocycles. The third-order valence-corrected chi connectivity index (χ3v) is 4.03. The minimum absolute atomic E-state index is 0.342. The van der Waals surface area contributed by atoms with Gasteiger partial charge in [0.2, 0.25) is 0 Å². The van der Waals surface area contributed by atoms with E-state index >= 15 is 0 Å². The summed E-state index contributed by atoms with van der Waals surface area (Å²) in [7, 11) is 3.53. The number of carbonyl (C=O) groups excluding carboxylic acids is 1. The summed E-state index contributed by atoms with van der Waals surface area (Å²) < 4.78 is 4.74. The molecular formula is C15H21ClN2O2. The van der Waals surface area contributed by atoms with Crippen molar-refractivity contribution in [1.29, 1.82) is 0 Å². The second-order valence-corrected chi connectivity index (χ2v) is 5.67. The molecule has 1 aromatic rings. The van der Waals surface area contributed by atoms with Crippen LogP contribution in [0.1, 0.15) is 29.6 Å². The number of carbonyl (C=O) groups is 1. The Labute approximate surface area is 125 Å². The van der Waals surface area contributed by atoms with Crippen molar-refractivity contribution in [2.45, 2.75) is 25.3 Å². The fourth-order valence-electron chi connectivity index (χ4n) is 2.48. The number of ether oxygens (including phenoxy) is 1. The third kappa shape index (κ3) is 3.87. The second kappa shape index (κ2) is 6.95. The van der Waals surface area contributed by atoms with Gasteiger partial charge in [0, 0.05) is 6.04 Å². The van der Waals surface area contributed by atoms with Gasteiger partial charge in [-0.05, 0) is 57.6 Å². The Bertz CT molecular complexity index is 479. The number of esters is 1. The molecule has 1 aliphatic heterocycles. The highest BCUT2D eigenvalue weighted by Gasteiger charge is 2.16. The zero-order valence-electron chi connectivity index (χ0n) is 12.0. The van der Waals surface area contributed by atoms with E-state index in [4.69, 9.17) is 16.3 Å². The van der Waals surface area contributed by atoms with Gasteiger partial charge < -0.3 is 15.0 Å². The number of hydrogen-bond acceptors (Lipinski definition) is 4. The first-order chi connectivity index (χ1) is 9.60. The van der Waals surface area contributed by atoms with E-state index in [1.54, 1.807) is 18.2 Å². The first-order valence-corrected chi connectivity index (χ1v) is 7.31. The first-order valence-electron chi connectivity index (χ1n) is 6.93. The lowest BCUT2D eigenvalue weighted by Gasteiger charge is -2.19. The molecule has 0 radical (unpaired) electrons. The quantitative estimate of drug-likeness (QED) is 0.871. The predicted octanol–water partition coefficient (Wildman–Crippen LogP) is 3.02. The van der Waals surface area contributed by atoms with Crippen LogP contribution in [0.25, 0.3) is 0 Å². The van der Waals surface area contributed by atoms with Crippen LogP contribution in [0, 0.1) is 0 Å². The second-order valence-electron chi connectivity index (χ2n) is 5.26. The molecule has 20 heavy (non-hydrogen) atoms. The van der Waals surface area contributed by atoms with Crippen LogP contribution >= 0.6 is 11.6 Å². The van der Waals surface area contributed by atoms with Crippen LogP contribution < -0.4 is 5.32 Å². The summed E-state index contributed by atoms with van der Waals surface area (Å²) in [5, 5.41) is 4.10. The maximum atomic E-state index is 11.6. The van der Waals surface area contributed by atoms with Crippen molar-refractivity contribution >= 4 is 23.3 Å². The van der Waals surface area contributed by atoms with Crippen LogP contribution in [0.15, 0.2) is 18.2 Å². The fourth-order valence-corrected chi connectivity index (χ4v) is 2.66. The van der Waals surface area contributed by atoms with Crippen LogP contribution in [-0.4, -0.2) is 44.2 Å². The number of likely N-dealkylation sites (tertiary alicyclic amines) is 1. The van der Waals surface area contributed by atoms with Gasteiger partial charge in [0.25, 0.3) is 0 Å². The minimum atomic E-state index is -0.342. The maximum absolute atomic E-state index is 11.6. The number of nitrogens with zero attached hydrogens (tertiary/aromatic N) is 1. The van der Waals surface area contributed by atoms with Crippen molar-refractivity contribution in [2.75, 3.05) is 32.6 Å². The molecule has 0 bridgehead atoms. The average Bonchev–Trinajstić information content (AvgIpc) is 2.65. The largest absolute Gasteiger partial charge is 0.465 e. The van der Waals surface area contributed by atoms with E-state index in [-0.39, 0.29) is 5.97 Å². The summed E-state index contributed by atoms with van der Waals surface area (Å²) >= 11 is 6.21. The molecule has 0 aromatic heterocycles. The maximum Gasteiger partial charge on any atom is 0.337 e. The Morgan fingerprint density at radius 3 is 2.95 bits per heavy atom. The number of halogens is 1. The van der Waals surface area contributed by atoms with Gasteiger partial charge in [0.15, 0.2) is 0 Å². The van der Waals surface area contributed by atoms with Crippen LogP contribution in [0.5, 0.6) is 0 Å². The van der Waals surface area contributed by atoms with Gasteiger partial charge >= 0.3 is 5.97 Å². The number of rotatable bonds is 3. The minimum Gasteiger partial charge on any atom is -0.465 e. The molecule has 1 fully saturated rings. The third-order valence-electron chi connectivity index (χ3n) is 3.70. The average molecular weight is 297 g/mol. The first kappa shape index (κ1) is 15.1. The summed E-state index contributed by atoms with van der Waals surface area (Å²) in [4.78, 5) is 13.9. The monoisotopic (exact) mass is 296 g/mol.